The van der Waals surface area contributed by atoms with E-state index < -0.39 is 0 Å². The molecule has 106 valence electrons. The van der Waals surface area contributed by atoms with Crippen molar-refractivity contribution < 1.29 is 4.74 Å². The number of ether oxygens (including phenoxy) is 1. The molecule has 0 atom stereocenters. The van der Waals surface area contributed by atoms with E-state index in [4.69, 9.17) is 16.3 Å². The van der Waals surface area contributed by atoms with E-state index >= 15 is 0 Å². The smallest absolute Gasteiger partial charge is 0.0479 e. The third kappa shape index (κ3) is 4.68. The van der Waals surface area contributed by atoms with Crippen LogP contribution in [0.4, 0.5) is 5.69 Å². The first-order valence-corrected chi connectivity index (χ1v) is 7.30. The monoisotopic (exact) mass is 282 g/mol. The van der Waals surface area contributed by atoms with Gasteiger partial charge >= 0.3 is 0 Å². The molecular weight excluding hydrogens is 260 g/mol. The first kappa shape index (κ1) is 14.6. The molecule has 1 N–H and O–H groups in total. The molecule has 0 spiro atoms. The Morgan fingerprint density at radius 3 is 2.89 bits per heavy atom. The summed E-state index contributed by atoms with van der Waals surface area (Å²) < 4.78 is 5.10. The number of benzene rings is 1. The van der Waals surface area contributed by atoms with Crippen LogP contribution in [0, 0.1) is 0 Å². The average Bonchev–Trinajstić information content (AvgIpc) is 3.21. The van der Waals surface area contributed by atoms with Gasteiger partial charge in [0.05, 0.1) is 0 Å². The first-order valence-electron chi connectivity index (χ1n) is 6.92. The summed E-state index contributed by atoms with van der Waals surface area (Å²) in [6.07, 6.45) is 3.65. The third-order valence-corrected chi connectivity index (χ3v) is 3.69. The molecule has 0 saturated heterocycles. The summed E-state index contributed by atoms with van der Waals surface area (Å²) in [5.74, 6) is 0. The number of hydrogen-bond acceptors (Lipinski definition) is 3. The van der Waals surface area contributed by atoms with Gasteiger partial charge in [-0.05, 0) is 37.0 Å². The number of nitrogens with zero attached hydrogens (tertiary/aromatic N) is 1. The molecule has 4 heteroatoms. The summed E-state index contributed by atoms with van der Waals surface area (Å²) in [4.78, 5) is 2.26. The fourth-order valence-electron chi connectivity index (χ4n) is 2.15. The highest BCUT2D eigenvalue weighted by molar-refractivity contribution is 6.30. The van der Waals surface area contributed by atoms with Gasteiger partial charge in [-0.2, -0.15) is 0 Å². The Bertz CT molecular complexity index is 407. The number of rotatable bonds is 8. The largest absolute Gasteiger partial charge is 0.385 e. The molecular formula is C15H23ClN2O. The van der Waals surface area contributed by atoms with Crippen molar-refractivity contribution >= 4 is 17.3 Å². The SMILES string of the molecule is COCCCN(C)c1cc(Cl)ccc1CNC1CC1. The summed E-state index contributed by atoms with van der Waals surface area (Å²) in [5, 5.41) is 4.36. The number of anilines is 1. The van der Waals surface area contributed by atoms with E-state index in [2.05, 4.69) is 29.4 Å². The minimum atomic E-state index is 0.724. The number of hydrogen-bond donors (Lipinski definition) is 1. The van der Waals surface area contributed by atoms with Crippen molar-refractivity contribution in [1.82, 2.24) is 5.32 Å². The number of nitrogens with one attached hydrogen (secondary N) is 1. The van der Waals surface area contributed by atoms with Gasteiger partial charge < -0.3 is 15.0 Å². The van der Waals surface area contributed by atoms with Gasteiger partial charge in [0, 0.05) is 50.6 Å². The van der Waals surface area contributed by atoms with E-state index in [0.717, 1.165) is 37.2 Å². The second-order valence-electron chi connectivity index (χ2n) is 5.20. The lowest BCUT2D eigenvalue weighted by atomic mass is 10.1. The first-order chi connectivity index (χ1) is 9.20. The van der Waals surface area contributed by atoms with Gasteiger partial charge in [-0.1, -0.05) is 17.7 Å². The summed E-state index contributed by atoms with van der Waals surface area (Å²) in [6.45, 7) is 2.69. The maximum atomic E-state index is 6.13. The van der Waals surface area contributed by atoms with E-state index in [-0.39, 0.29) is 0 Å². The van der Waals surface area contributed by atoms with E-state index in [1.807, 2.05) is 6.07 Å². The Hall–Kier alpha value is -0.770. The Kier molecular flexibility index (Phi) is 5.49. The Morgan fingerprint density at radius 2 is 2.21 bits per heavy atom. The zero-order chi connectivity index (χ0) is 13.7. The van der Waals surface area contributed by atoms with Crippen LogP contribution in [-0.2, 0) is 11.3 Å². The summed E-state index contributed by atoms with van der Waals surface area (Å²) in [5.41, 5.74) is 2.54. The van der Waals surface area contributed by atoms with Crippen LogP contribution in [-0.4, -0.2) is 33.4 Å². The minimum absolute atomic E-state index is 0.724. The van der Waals surface area contributed by atoms with Crippen molar-refractivity contribution in [3.8, 4) is 0 Å². The normalized spacial score (nSPS) is 14.7. The second-order valence-corrected chi connectivity index (χ2v) is 5.63. The lowest BCUT2D eigenvalue weighted by molar-refractivity contribution is 0.196. The highest BCUT2D eigenvalue weighted by Crippen LogP contribution is 2.26. The van der Waals surface area contributed by atoms with E-state index in [0.29, 0.717) is 0 Å². The maximum Gasteiger partial charge on any atom is 0.0479 e. The van der Waals surface area contributed by atoms with Gasteiger partial charge in [0.15, 0.2) is 0 Å². The van der Waals surface area contributed by atoms with Crippen LogP contribution in [0.2, 0.25) is 5.02 Å². The van der Waals surface area contributed by atoms with Crippen molar-refractivity contribution in [2.45, 2.75) is 31.8 Å². The molecule has 1 aromatic carbocycles. The van der Waals surface area contributed by atoms with Gasteiger partial charge in [0.2, 0.25) is 0 Å². The van der Waals surface area contributed by atoms with Crippen molar-refractivity contribution in [3.63, 3.8) is 0 Å². The molecule has 2 rings (SSSR count). The molecule has 1 aromatic rings. The molecule has 0 aliphatic heterocycles. The average molecular weight is 283 g/mol. The van der Waals surface area contributed by atoms with Crippen LogP contribution >= 0.6 is 11.6 Å². The van der Waals surface area contributed by atoms with E-state index in [1.165, 1.54) is 24.1 Å². The van der Waals surface area contributed by atoms with Crippen molar-refractivity contribution in [3.05, 3.63) is 28.8 Å². The molecule has 1 aliphatic carbocycles. The minimum Gasteiger partial charge on any atom is -0.385 e. The highest BCUT2D eigenvalue weighted by atomic mass is 35.5. The van der Waals surface area contributed by atoms with Crippen LogP contribution < -0.4 is 10.2 Å². The quantitative estimate of drug-likeness (QED) is 0.742. The second kappa shape index (κ2) is 7.13. The zero-order valence-corrected chi connectivity index (χ0v) is 12.5. The van der Waals surface area contributed by atoms with Gasteiger partial charge in [-0.3, -0.25) is 0 Å². The molecule has 1 saturated carbocycles. The van der Waals surface area contributed by atoms with Crippen LogP contribution in [0.25, 0.3) is 0 Å². The van der Waals surface area contributed by atoms with Gasteiger partial charge in [-0.25, -0.2) is 0 Å². The summed E-state index contributed by atoms with van der Waals surface area (Å²) in [6, 6.07) is 6.87. The zero-order valence-electron chi connectivity index (χ0n) is 11.8. The third-order valence-electron chi connectivity index (χ3n) is 3.46. The van der Waals surface area contributed by atoms with E-state index in [9.17, 15) is 0 Å². The summed E-state index contributed by atoms with van der Waals surface area (Å²) in [7, 11) is 3.85. The Morgan fingerprint density at radius 1 is 1.42 bits per heavy atom. The van der Waals surface area contributed by atoms with Crippen LogP contribution in [0.15, 0.2) is 18.2 Å². The van der Waals surface area contributed by atoms with Gasteiger partial charge in [0.25, 0.3) is 0 Å². The lowest BCUT2D eigenvalue weighted by Gasteiger charge is -2.23. The predicted octanol–water partition coefficient (Wildman–Crippen LogP) is 3.06. The molecule has 19 heavy (non-hydrogen) atoms. The standard InChI is InChI=1S/C15H23ClN2O/c1-18(8-3-9-19-2)15-10-13(16)5-4-12(15)11-17-14-6-7-14/h4-5,10,14,17H,3,6-9,11H2,1-2H3. The lowest BCUT2D eigenvalue weighted by Crippen LogP contribution is -2.23. The van der Waals surface area contributed by atoms with Crippen molar-refractivity contribution in [2.75, 3.05) is 32.2 Å². The molecule has 1 fully saturated rings. The molecule has 0 aromatic heterocycles. The maximum absolute atomic E-state index is 6.13. The number of halogens is 1. The highest BCUT2D eigenvalue weighted by Gasteiger charge is 2.20. The molecule has 1 aliphatic rings. The molecule has 3 nitrogen and oxygen atoms in total. The van der Waals surface area contributed by atoms with E-state index in [1.54, 1.807) is 7.11 Å². The molecule has 0 bridgehead atoms. The van der Waals surface area contributed by atoms with Crippen LogP contribution in [0.1, 0.15) is 24.8 Å². The topological polar surface area (TPSA) is 24.5 Å². The van der Waals surface area contributed by atoms with Gasteiger partial charge in [0.1, 0.15) is 0 Å². The van der Waals surface area contributed by atoms with Crippen LogP contribution in [0.3, 0.4) is 0 Å². The van der Waals surface area contributed by atoms with Gasteiger partial charge in [-0.15, -0.1) is 0 Å². The van der Waals surface area contributed by atoms with Crippen LogP contribution in [0.5, 0.6) is 0 Å². The molecule has 0 unspecified atom stereocenters. The fourth-order valence-corrected chi connectivity index (χ4v) is 2.32. The summed E-state index contributed by atoms with van der Waals surface area (Å²) >= 11 is 6.13. The van der Waals surface area contributed by atoms with Crippen molar-refractivity contribution in [2.24, 2.45) is 0 Å². The molecule has 0 amide bonds. The Labute approximate surface area is 120 Å². The Balaban J connectivity index is 1.99. The molecule has 0 radical (unpaired) electrons. The predicted molar refractivity (Wildman–Crippen MR) is 81.1 cm³/mol. The number of methoxy groups -OCH3 is 1. The fraction of sp³-hybridized carbons (Fsp3) is 0.600. The molecule has 0 heterocycles. The van der Waals surface area contributed by atoms with Crippen molar-refractivity contribution in [1.29, 1.82) is 0 Å².